The first-order valence-corrected chi connectivity index (χ1v) is 6.73. The number of aromatic nitrogens is 6. The van der Waals surface area contributed by atoms with Gasteiger partial charge in [0.15, 0.2) is 0 Å². The molecule has 22 heavy (non-hydrogen) atoms. The van der Waals surface area contributed by atoms with Gasteiger partial charge in [-0.1, -0.05) is 0 Å². The Bertz CT molecular complexity index is 810. The molecule has 110 valence electrons. The van der Waals surface area contributed by atoms with E-state index in [2.05, 4.69) is 31.6 Å². The third kappa shape index (κ3) is 3.09. The summed E-state index contributed by atoms with van der Waals surface area (Å²) in [6, 6.07) is 3.92. The van der Waals surface area contributed by atoms with Crippen LogP contribution in [0.1, 0.15) is 6.42 Å². The topological polar surface area (TPSA) is 97.2 Å². The third-order valence-corrected chi connectivity index (χ3v) is 3.00. The summed E-state index contributed by atoms with van der Waals surface area (Å²) < 4.78 is 3.43. The van der Waals surface area contributed by atoms with Crippen LogP contribution in [0.4, 0.5) is 11.6 Å². The molecule has 0 aliphatic carbocycles. The molecule has 0 aromatic carbocycles. The molecule has 0 saturated carbocycles. The van der Waals surface area contributed by atoms with Gasteiger partial charge in [0.2, 0.25) is 5.95 Å². The van der Waals surface area contributed by atoms with E-state index < -0.39 is 0 Å². The molecule has 0 bridgehead atoms. The van der Waals surface area contributed by atoms with Crippen molar-refractivity contribution >= 4 is 11.6 Å². The SMILES string of the molecule is Cn1cc(Nc2nccc(-c3cnn(CCC#N)c3)n2)cn1. The van der Waals surface area contributed by atoms with Crippen molar-refractivity contribution in [2.45, 2.75) is 13.0 Å². The van der Waals surface area contributed by atoms with Gasteiger partial charge in [0.25, 0.3) is 0 Å². The lowest BCUT2D eigenvalue weighted by atomic mass is 10.2. The fourth-order valence-electron chi connectivity index (χ4n) is 1.98. The molecule has 0 saturated heterocycles. The van der Waals surface area contributed by atoms with Crippen molar-refractivity contribution in [1.29, 1.82) is 5.26 Å². The molecule has 1 N–H and O–H groups in total. The molecule has 8 nitrogen and oxygen atoms in total. The van der Waals surface area contributed by atoms with Gasteiger partial charge >= 0.3 is 0 Å². The molecular formula is C14H14N8. The normalized spacial score (nSPS) is 10.4. The molecule has 0 spiro atoms. The van der Waals surface area contributed by atoms with Crippen LogP contribution in [0.5, 0.6) is 0 Å². The fourth-order valence-corrected chi connectivity index (χ4v) is 1.98. The lowest BCUT2D eigenvalue weighted by Crippen LogP contribution is -1.97. The van der Waals surface area contributed by atoms with Gasteiger partial charge in [-0.2, -0.15) is 15.5 Å². The molecule has 0 unspecified atom stereocenters. The molecule has 3 aromatic rings. The lowest BCUT2D eigenvalue weighted by Gasteiger charge is -2.03. The maximum atomic E-state index is 8.60. The maximum absolute atomic E-state index is 8.60. The van der Waals surface area contributed by atoms with Gasteiger partial charge in [-0.15, -0.1) is 0 Å². The average Bonchev–Trinajstić information content (AvgIpc) is 3.15. The number of hydrogen-bond donors (Lipinski definition) is 1. The summed E-state index contributed by atoms with van der Waals surface area (Å²) in [6.07, 6.45) is 9.26. The van der Waals surface area contributed by atoms with Crippen molar-refractivity contribution in [2.75, 3.05) is 5.32 Å². The van der Waals surface area contributed by atoms with Crippen molar-refractivity contribution in [3.8, 4) is 17.3 Å². The predicted octanol–water partition coefficient (Wildman–Crippen LogP) is 1.73. The van der Waals surface area contributed by atoms with Gasteiger partial charge in [0.1, 0.15) is 0 Å². The molecule has 0 aliphatic rings. The van der Waals surface area contributed by atoms with Crippen LogP contribution in [0.25, 0.3) is 11.3 Å². The highest BCUT2D eigenvalue weighted by Crippen LogP contribution is 2.18. The van der Waals surface area contributed by atoms with Gasteiger partial charge in [-0.05, 0) is 6.07 Å². The Morgan fingerprint density at radius 1 is 1.27 bits per heavy atom. The van der Waals surface area contributed by atoms with Crippen molar-refractivity contribution < 1.29 is 0 Å². The molecule has 3 rings (SSSR count). The summed E-state index contributed by atoms with van der Waals surface area (Å²) in [5, 5.41) is 20.0. The Morgan fingerprint density at radius 2 is 2.18 bits per heavy atom. The Labute approximate surface area is 127 Å². The van der Waals surface area contributed by atoms with Gasteiger partial charge in [0, 0.05) is 31.2 Å². The lowest BCUT2D eigenvalue weighted by molar-refractivity contribution is 0.628. The zero-order valence-electron chi connectivity index (χ0n) is 12.0. The van der Waals surface area contributed by atoms with E-state index in [1.54, 1.807) is 28.0 Å². The minimum absolute atomic E-state index is 0.429. The number of nitriles is 1. The first-order chi connectivity index (χ1) is 10.7. The molecule has 3 heterocycles. The fraction of sp³-hybridized carbons (Fsp3) is 0.214. The number of nitrogens with one attached hydrogen (secondary N) is 1. The zero-order chi connectivity index (χ0) is 15.4. The number of hydrogen-bond acceptors (Lipinski definition) is 6. The number of anilines is 2. The second kappa shape index (κ2) is 6.05. The van der Waals surface area contributed by atoms with Crippen LogP contribution in [0.2, 0.25) is 0 Å². The van der Waals surface area contributed by atoms with E-state index in [-0.39, 0.29) is 0 Å². The first kappa shape index (κ1) is 13.8. The van der Waals surface area contributed by atoms with E-state index in [0.717, 1.165) is 16.9 Å². The highest BCUT2D eigenvalue weighted by Gasteiger charge is 2.06. The van der Waals surface area contributed by atoms with E-state index in [0.29, 0.717) is 18.9 Å². The van der Waals surface area contributed by atoms with E-state index in [4.69, 9.17) is 5.26 Å². The first-order valence-electron chi connectivity index (χ1n) is 6.73. The molecule has 0 amide bonds. The quantitative estimate of drug-likeness (QED) is 0.769. The maximum Gasteiger partial charge on any atom is 0.227 e. The molecule has 8 heteroatoms. The predicted molar refractivity (Wildman–Crippen MR) is 80.0 cm³/mol. The molecule has 0 aliphatic heterocycles. The number of rotatable bonds is 5. The minimum Gasteiger partial charge on any atom is -0.321 e. The molecule has 3 aromatic heterocycles. The van der Waals surface area contributed by atoms with Crippen LogP contribution in [-0.4, -0.2) is 29.5 Å². The van der Waals surface area contributed by atoms with Crippen LogP contribution < -0.4 is 5.32 Å². The average molecular weight is 294 g/mol. The number of nitrogens with zero attached hydrogens (tertiary/aromatic N) is 7. The van der Waals surface area contributed by atoms with Crippen LogP contribution >= 0.6 is 0 Å². The number of aryl methyl sites for hydroxylation is 2. The molecule has 0 radical (unpaired) electrons. The Kier molecular flexibility index (Phi) is 3.78. The Morgan fingerprint density at radius 3 is 2.95 bits per heavy atom. The third-order valence-electron chi connectivity index (χ3n) is 3.00. The largest absolute Gasteiger partial charge is 0.321 e. The van der Waals surface area contributed by atoms with Gasteiger partial charge in [-0.25, -0.2) is 9.97 Å². The van der Waals surface area contributed by atoms with E-state index in [1.165, 1.54) is 0 Å². The summed E-state index contributed by atoms with van der Waals surface area (Å²) >= 11 is 0. The van der Waals surface area contributed by atoms with E-state index in [1.807, 2.05) is 25.5 Å². The van der Waals surface area contributed by atoms with Crippen LogP contribution in [0.3, 0.4) is 0 Å². The van der Waals surface area contributed by atoms with Gasteiger partial charge in [-0.3, -0.25) is 9.36 Å². The van der Waals surface area contributed by atoms with Crippen molar-refractivity contribution in [3.05, 3.63) is 37.1 Å². The van der Waals surface area contributed by atoms with E-state index in [9.17, 15) is 0 Å². The zero-order valence-corrected chi connectivity index (χ0v) is 12.0. The van der Waals surface area contributed by atoms with Crippen LogP contribution in [0, 0.1) is 11.3 Å². The summed E-state index contributed by atoms with van der Waals surface area (Å²) in [7, 11) is 1.85. The molecule has 0 fully saturated rings. The molecular weight excluding hydrogens is 280 g/mol. The van der Waals surface area contributed by atoms with Gasteiger partial charge in [0.05, 0.1) is 42.8 Å². The summed E-state index contributed by atoms with van der Waals surface area (Å²) in [5.41, 5.74) is 2.48. The van der Waals surface area contributed by atoms with Crippen molar-refractivity contribution in [1.82, 2.24) is 29.5 Å². The smallest absolute Gasteiger partial charge is 0.227 e. The summed E-state index contributed by atoms with van der Waals surface area (Å²) in [5.74, 6) is 0.496. The molecule has 0 atom stereocenters. The minimum atomic E-state index is 0.429. The van der Waals surface area contributed by atoms with Crippen LogP contribution in [-0.2, 0) is 13.6 Å². The van der Waals surface area contributed by atoms with E-state index >= 15 is 0 Å². The summed E-state index contributed by atoms with van der Waals surface area (Å²) in [6.45, 7) is 0.572. The van der Waals surface area contributed by atoms with Crippen LogP contribution in [0.15, 0.2) is 37.1 Å². The monoisotopic (exact) mass is 294 g/mol. The Balaban J connectivity index is 1.78. The van der Waals surface area contributed by atoms with Crippen molar-refractivity contribution in [2.24, 2.45) is 7.05 Å². The summed E-state index contributed by atoms with van der Waals surface area (Å²) in [4.78, 5) is 8.66. The highest BCUT2D eigenvalue weighted by atomic mass is 15.3. The second-order valence-corrected chi connectivity index (χ2v) is 4.69. The van der Waals surface area contributed by atoms with Crippen molar-refractivity contribution in [3.63, 3.8) is 0 Å². The standard InChI is InChI=1S/C14H14N8/c1-21-10-12(8-17-21)19-14-16-5-3-13(20-14)11-7-18-22(9-11)6-2-4-15/h3,5,7-10H,2,6H2,1H3,(H,16,19,20). The highest BCUT2D eigenvalue weighted by molar-refractivity contribution is 5.60. The van der Waals surface area contributed by atoms with Gasteiger partial charge < -0.3 is 5.32 Å². The second-order valence-electron chi connectivity index (χ2n) is 4.69. The Hall–Kier alpha value is -3.21.